The highest BCUT2D eigenvalue weighted by molar-refractivity contribution is 7.97. The number of methoxy groups -OCH3 is 1. The van der Waals surface area contributed by atoms with E-state index in [-0.39, 0.29) is 10.7 Å². The van der Waals surface area contributed by atoms with Crippen molar-refractivity contribution in [3.05, 3.63) is 22.5 Å². The van der Waals surface area contributed by atoms with Gasteiger partial charge in [0.2, 0.25) is 0 Å². The van der Waals surface area contributed by atoms with Gasteiger partial charge in [-0.1, -0.05) is 11.6 Å². The minimum absolute atomic E-state index is 0.0724. The van der Waals surface area contributed by atoms with Gasteiger partial charge in [0.1, 0.15) is 0 Å². The van der Waals surface area contributed by atoms with Crippen molar-refractivity contribution in [2.24, 2.45) is 0 Å². The molecule has 0 spiro atoms. The van der Waals surface area contributed by atoms with Crippen LogP contribution < -0.4 is 5.73 Å². The summed E-state index contributed by atoms with van der Waals surface area (Å²) < 4.78 is 4.56. The molecule has 0 aliphatic heterocycles. The molecule has 0 aliphatic rings. The van der Waals surface area contributed by atoms with E-state index in [9.17, 15) is 4.79 Å². The summed E-state index contributed by atoms with van der Waals surface area (Å²) >= 11 is 7.43. The molecule has 0 atom stereocenters. The summed E-state index contributed by atoms with van der Waals surface area (Å²) in [7, 11) is 1.28. The van der Waals surface area contributed by atoms with E-state index in [1.807, 2.05) is 6.26 Å². The SMILES string of the molecule is COC(=O)c1nc(CSC)cc(N)c1Cl. The summed E-state index contributed by atoms with van der Waals surface area (Å²) in [6.45, 7) is 0. The maximum Gasteiger partial charge on any atom is 0.358 e. The lowest BCUT2D eigenvalue weighted by Gasteiger charge is -2.07. The van der Waals surface area contributed by atoms with Gasteiger partial charge in [-0.05, 0) is 12.3 Å². The van der Waals surface area contributed by atoms with Crippen LogP contribution in [0.4, 0.5) is 5.69 Å². The Bertz CT molecular complexity index is 385. The predicted molar refractivity (Wildman–Crippen MR) is 62.2 cm³/mol. The molecule has 0 fully saturated rings. The number of carbonyl (C=O) groups is 1. The summed E-state index contributed by atoms with van der Waals surface area (Å²) in [5.74, 6) is 0.0976. The number of esters is 1. The fraction of sp³-hybridized carbons (Fsp3) is 0.333. The molecular weight excluding hydrogens is 236 g/mol. The molecule has 0 amide bonds. The maximum atomic E-state index is 11.3. The number of nitrogen functional groups attached to an aromatic ring is 1. The quantitative estimate of drug-likeness (QED) is 0.826. The molecule has 2 N–H and O–H groups in total. The third kappa shape index (κ3) is 2.76. The first-order valence-electron chi connectivity index (χ1n) is 4.12. The van der Waals surface area contributed by atoms with Crippen molar-refractivity contribution < 1.29 is 9.53 Å². The lowest BCUT2D eigenvalue weighted by molar-refractivity contribution is 0.0594. The molecule has 0 bridgehead atoms. The zero-order valence-corrected chi connectivity index (χ0v) is 9.98. The van der Waals surface area contributed by atoms with Gasteiger partial charge in [-0.15, -0.1) is 0 Å². The van der Waals surface area contributed by atoms with Crippen molar-refractivity contribution in [3.63, 3.8) is 0 Å². The molecule has 0 saturated carbocycles. The van der Waals surface area contributed by atoms with Crippen molar-refractivity contribution in [2.75, 3.05) is 19.1 Å². The van der Waals surface area contributed by atoms with Gasteiger partial charge in [0.05, 0.1) is 23.5 Å². The molecule has 0 aromatic carbocycles. The number of ether oxygens (including phenoxy) is 1. The summed E-state index contributed by atoms with van der Waals surface area (Å²) in [4.78, 5) is 15.4. The molecule has 1 heterocycles. The van der Waals surface area contributed by atoms with Crippen molar-refractivity contribution in [1.82, 2.24) is 4.98 Å². The van der Waals surface area contributed by atoms with Crippen LogP contribution in [0.5, 0.6) is 0 Å². The minimum atomic E-state index is -0.574. The maximum absolute atomic E-state index is 11.3. The van der Waals surface area contributed by atoms with Crippen molar-refractivity contribution in [2.45, 2.75) is 5.75 Å². The highest BCUT2D eigenvalue weighted by Gasteiger charge is 2.16. The number of hydrogen-bond donors (Lipinski definition) is 1. The molecular formula is C9H11ClN2O2S. The van der Waals surface area contributed by atoms with Crippen LogP contribution in [0.25, 0.3) is 0 Å². The van der Waals surface area contributed by atoms with Crippen LogP contribution in [-0.2, 0) is 10.5 Å². The van der Waals surface area contributed by atoms with Crippen LogP contribution >= 0.6 is 23.4 Å². The van der Waals surface area contributed by atoms with E-state index in [1.165, 1.54) is 7.11 Å². The van der Waals surface area contributed by atoms with Crippen LogP contribution in [0.15, 0.2) is 6.07 Å². The number of nitrogens with zero attached hydrogens (tertiary/aromatic N) is 1. The Morgan fingerprint density at radius 3 is 2.93 bits per heavy atom. The molecule has 1 aromatic heterocycles. The number of anilines is 1. The largest absolute Gasteiger partial charge is 0.464 e. The van der Waals surface area contributed by atoms with Crippen molar-refractivity contribution in [3.8, 4) is 0 Å². The summed E-state index contributed by atoms with van der Waals surface area (Å²) in [5, 5.41) is 0.145. The number of nitrogens with two attached hydrogens (primary N) is 1. The van der Waals surface area contributed by atoms with Gasteiger partial charge in [0.25, 0.3) is 0 Å². The van der Waals surface area contributed by atoms with Gasteiger partial charge in [-0.2, -0.15) is 11.8 Å². The van der Waals surface area contributed by atoms with Crippen molar-refractivity contribution >= 4 is 35.0 Å². The first kappa shape index (κ1) is 12.1. The van der Waals surface area contributed by atoms with E-state index in [1.54, 1.807) is 17.8 Å². The van der Waals surface area contributed by atoms with E-state index in [0.717, 1.165) is 0 Å². The Morgan fingerprint density at radius 2 is 2.40 bits per heavy atom. The number of aromatic nitrogens is 1. The lowest BCUT2D eigenvalue weighted by Crippen LogP contribution is -2.08. The van der Waals surface area contributed by atoms with Crippen LogP contribution in [0, 0.1) is 0 Å². The average Bonchev–Trinajstić information content (AvgIpc) is 2.22. The zero-order valence-electron chi connectivity index (χ0n) is 8.41. The van der Waals surface area contributed by atoms with E-state index in [2.05, 4.69) is 9.72 Å². The Kier molecular flexibility index (Phi) is 4.23. The van der Waals surface area contributed by atoms with E-state index >= 15 is 0 Å². The third-order valence-electron chi connectivity index (χ3n) is 1.71. The highest BCUT2D eigenvalue weighted by atomic mass is 35.5. The Morgan fingerprint density at radius 1 is 1.73 bits per heavy atom. The number of pyridine rings is 1. The molecule has 1 aromatic rings. The molecule has 4 nitrogen and oxygen atoms in total. The normalized spacial score (nSPS) is 10.1. The Labute approximate surface area is 97.2 Å². The summed E-state index contributed by atoms with van der Waals surface area (Å²) in [6.07, 6.45) is 1.93. The second kappa shape index (κ2) is 5.23. The zero-order chi connectivity index (χ0) is 11.4. The van der Waals surface area contributed by atoms with Crippen LogP contribution in [0.1, 0.15) is 16.2 Å². The van der Waals surface area contributed by atoms with Gasteiger partial charge in [0.15, 0.2) is 5.69 Å². The average molecular weight is 247 g/mol. The molecule has 0 radical (unpaired) electrons. The Hall–Kier alpha value is -0.940. The van der Waals surface area contributed by atoms with E-state index in [4.69, 9.17) is 17.3 Å². The number of rotatable bonds is 3. The molecule has 15 heavy (non-hydrogen) atoms. The number of carbonyl (C=O) groups excluding carboxylic acids is 1. The lowest BCUT2D eigenvalue weighted by atomic mass is 10.2. The van der Waals surface area contributed by atoms with Crippen LogP contribution in [-0.4, -0.2) is 24.3 Å². The Balaban J connectivity index is 3.18. The first-order chi connectivity index (χ1) is 7.10. The first-order valence-corrected chi connectivity index (χ1v) is 5.89. The summed E-state index contributed by atoms with van der Waals surface area (Å²) in [5.41, 5.74) is 6.78. The van der Waals surface area contributed by atoms with Gasteiger partial charge in [-0.25, -0.2) is 9.78 Å². The minimum Gasteiger partial charge on any atom is -0.464 e. The predicted octanol–water partition coefficient (Wildman–Crippen LogP) is 1.97. The molecule has 82 valence electrons. The fourth-order valence-electron chi connectivity index (χ4n) is 1.06. The highest BCUT2D eigenvalue weighted by Crippen LogP contribution is 2.24. The van der Waals surface area contributed by atoms with Crippen molar-refractivity contribution in [1.29, 1.82) is 0 Å². The summed E-state index contributed by atoms with van der Waals surface area (Å²) in [6, 6.07) is 1.66. The van der Waals surface area contributed by atoms with E-state index < -0.39 is 5.97 Å². The van der Waals surface area contributed by atoms with Crippen LogP contribution in [0.3, 0.4) is 0 Å². The topological polar surface area (TPSA) is 65.2 Å². The second-order valence-corrected chi connectivity index (χ2v) is 4.03. The standard InChI is InChI=1S/C9H11ClN2O2S/c1-14-9(13)8-7(10)6(11)3-5(12-8)4-15-2/h3H,4H2,1-2H3,(H2,11,12). The molecule has 0 saturated heterocycles. The molecule has 0 unspecified atom stereocenters. The van der Waals surface area contributed by atoms with Gasteiger partial charge in [-0.3, -0.25) is 0 Å². The van der Waals surface area contributed by atoms with Gasteiger partial charge >= 0.3 is 5.97 Å². The van der Waals surface area contributed by atoms with E-state index in [0.29, 0.717) is 17.1 Å². The molecule has 0 aliphatic carbocycles. The molecule has 6 heteroatoms. The third-order valence-corrected chi connectivity index (χ3v) is 2.69. The fourth-order valence-corrected chi connectivity index (χ4v) is 1.68. The molecule has 1 rings (SSSR count). The smallest absolute Gasteiger partial charge is 0.358 e. The monoisotopic (exact) mass is 246 g/mol. The second-order valence-electron chi connectivity index (χ2n) is 2.79. The number of hydrogen-bond acceptors (Lipinski definition) is 5. The van der Waals surface area contributed by atoms with Gasteiger partial charge < -0.3 is 10.5 Å². The number of thioether (sulfide) groups is 1. The van der Waals surface area contributed by atoms with Gasteiger partial charge in [0, 0.05) is 5.75 Å². The number of halogens is 1. The van der Waals surface area contributed by atoms with Crippen LogP contribution in [0.2, 0.25) is 5.02 Å².